The van der Waals surface area contributed by atoms with Gasteiger partial charge in [-0.05, 0) is 88.6 Å². The summed E-state index contributed by atoms with van der Waals surface area (Å²) in [6.07, 6.45) is 7.44. The number of aryl methyl sites for hydroxylation is 1. The van der Waals surface area contributed by atoms with Gasteiger partial charge < -0.3 is 25.0 Å². The van der Waals surface area contributed by atoms with Crippen molar-refractivity contribution in [2.75, 3.05) is 19.0 Å². The third kappa shape index (κ3) is 9.92. The molecule has 0 unspecified atom stereocenters. The van der Waals surface area contributed by atoms with E-state index in [1.807, 2.05) is 36.6 Å². The van der Waals surface area contributed by atoms with Crippen molar-refractivity contribution in [1.29, 1.82) is 0 Å². The summed E-state index contributed by atoms with van der Waals surface area (Å²) in [5, 5.41) is 10.5. The van der Waals surface area contributed by atoms with Gasteiger partial charge >= 0.3 is 0 Å². The number of fused-ring (bicyclic) bond motifs is 1. The number of hydrogen-bond donors (Lipinski definition) is 3. The van der Waals surface area contributed by atoms with Crippen LogP contribution in [0, 0.1) is 12.8 Å². The highest BCUT2D eigenvalue weighted by Gasteiger charge is 2.63. The lowest BCUT2D eigenvalue weighted by Crippen LogP contribution is -2.58. The first-order valence-corrected chi connectivity index (χ1v) is 24.8. The number of methoxy groups -OCH3 is 1. The van der Waals surface area contributed by atoms with Crippen molar-refractivity contribution in [2.45, 2.75) is 120 Å². The number of amides is 3. The molecule has 13 nitrogen and oxygen atoms in total. The summed E-state index contributed by atoms with van der Waals surface area (Å²) in [6.45, 7) is 15.4. The van der Waals surface area contributed by atoms with Crippen molar-refractivity contribution in [3.8, 4) is 22.2 Å². The number of thiazole rings is 1. The fourth-order valence-corrected chi connectivity index (χ4v) is 11.0. The minimum atomic E-state index is -4.02. The smallest absolute Gasteiger partial charge is 0.259 e. The van der Waals surface area contributed by atoms with Crippen LogP contribution in [0.5, 0.6) is 11.5 Å². The number of carbonyl (C=O) groups excluding carboxylic acids is 3. The molecule has 0 radical (unpaired) electrons. The predicted octanol–water partition coefficient (Wildman–Crippen LogP) is 9.13. The second kappa shape index (κ2) is 19.0. The molecule has 1 saturated heterocycles. The molecule has 5 atom stereocenters. The Kier molecular flexibility index (Phi) is 14.1. The topological polar surface area (TPSA) is 169 Å². The quantitative estimate of drug-likeness (QED) is 0.0574. The van der Waals surface area contributed by atoms with Crippen LogP contribution in [-0.4, -0.2) is 83.1 Å². The van der Waals surface area contributed by atoms with E-state index < -0.39 is 56.2 Å². The van der Waals surface area contributed by atoms with Crippen LogP contribution in [0.1, 0.15) is 95.7 Å². The van der Waals surface area contributed by atoms with Gasteiger partial charge in [0.25, 0.3) is 5.91 Å². The SMILES string of the molecule is C=CCCCCC[C@H](Nc1cc(Cl)cc(Cl)c1)C(=O)N1C[C@H](Oc2cc(-c3nc(C(C)C)cs3)nc3c(C)c(OC)ccc23)C[C@H]1C(=O)N[C@]1(C(=O)NS(=O)(=O)C2(C)CC2)C[C@H]1C=C. The number of likely N-dealkylation sites (tertiary alicyclic amines) is 1. The second-order valence-corrected chi connectivity index (χ2v) is 21.6. The number of rotatable bonds is 20. The van der Waals surface area contributed by atoms with Gasteiger partial charge in [0.05, 0.1) is 29.6 Å². The van der Waals surface area contributed by atoms with Crippen molar-refractivity contribution in [3.63, 3.8) is 0 Å². The van der Waals surface area contributed by atoms with Gasteiger partial charge in [0.15, 0.2) is 0 Å². The van der Waals surface area contributed by atoms with Crippen molar-refractivity contribution >= 4 is 78.9 Å². The van der Waals surface area contributed by atoms with Gasteiger partial charge in [-0.15, -0.1) is 24.5 Å². The van der Waals surface area contributed by atoms with E-state index in [9.17, 15) is 18.0 Å². The Labute approximate surface area is 389 Å². The maximum absolute atomic E-state index is 15.1. The number of benzene rings is 2. The molecule has 1 aliphatic heterocycles. The van der Waals surface area contributed by atoms with E-state index >= 15 is 4.79 Å². The van der Waals surface area contributed by atoms with Crippen LogP contribution in [0.3, 0.4) is 0 Å². The Bertz CT molecular complexity index is 2560. The lowest BCUT2D eigenvalue weighted by atomic mass is 10.0. The number of unbranched alkanes of at least 4 members (excludes halogenated alkanes) is 3. The lowest BCUT2D eigenvalue weighted by molar-refractivity contribution is -0.140. The Morgan fingerprint density at radius 2 is 1.78 bits per heavy atom. The van der Waals surface area contributed by atoms with Crippen LogP contribution < -0.4 is 24.8 Å². The van der Waals surface area contributed by atoms with E-state index in [-0.39, 0.29) is 31.2 Å². The van der Waals surface area contributed by atoms with Crippen LogP contribution in [0.2, 0.25) is 10.0 Å². The minimum Gasteiger partial charge on any atom is -0.496 e. The van der Waals surface area contributed by atoms with Gasteiger partial charge in [0.2, 0.25) is 21.8 Å². The molecule has 3 N–H and O–H groups in total. The first-order valence-electron chi connectivity index (χ1n) is 21.7. The highest BCUT2D eigenvalue weighted by Crippen LogP contribution is 2.47. The number of anilines is 1. The maximum atomic E-state index is 15.1. The van der Waals surface area contributed by atoms with E-state index in [1.54, 1.807) is 32.2 Å². The monoisotopic (exact) mass is 950 g/mol. The minimum absolute atomic E-state index is 0.0156. The number of nitrogens with one attached hydrogen (secondary N) is 3. The molecule has 342 valence electrons. The van der Waals surface area contributed by atoms with Gasteiger partial charge in [0, 0.05) is 50.5 Å². The van der Waals surface area contributed by atoms with E-state index in [2.05, 4.69) is 42.4 Å². The number of carbonyl (C=O) groups is 3. The summed E-state index contributed by atoms with van der Waals surface area (Å²) in [5.74, 6) is -0.994. The summed E-state index contributed by atoms with van der Waals surface area (Å²) >= 11 is 14.3. The molecule has 2 aliphatic carbocycles. The normalized spacial score (nSPS) is 21.6. The Hall–Kier alpha value is -4.70. The van der Waals surface area contributed by atoms with Crippen LogP contribution in [-0.2, 0) is 24.4 Å². The lowest BCUT2D eigenvalue weighted by Gasteiger charge is -2.30. The molecule has 17 heteroatoms. The highest BCUT2D eigenvalue weighted by atomic mass is 35.5. The van der Waals surface area contributed by atoms with E-state index in [0.29, 0.717) is 74.5 Å². The summed E-state index contributed by atoms with van der Waals surface area (Å²) < 4.78 is 40.2. The fourth-order valence-electron chi connectivity index (χ4n) is 8.26. The number of halogens is 2. The number of aromatic nitrogens is 2. The number of nitrogens with zero attached hydrogens (tertiary/aromatic N) is 3. The van der Waals surface area contributed by atoms with Crippen molar-refractivity contribution < 1.29 is 32.3 Å². The van der Waals surface area contributed by atoms with Crippen molar-refractivity contribution in [1.82, 2.24) is 24.9 Å². The molecule has 0 spiro atoms. The molecular weight excluding hydrogens is 896 g/mol. The molecule has 3 fully saturated rings. The molecule has 64 heavy (non-hydrogen) atoms. The van der Waals surface area contributed by atoms with Gasteiger partial charge in [-0.2, -0.15) is 0 Å². The first-order chi connectivity index (χ1) is 30.4. The summed E-state index contributed by atoms with van der Waals surface area (Å²) in [4.78, 5) is 55.1. The zero-order valence-electron chi connectivity index (χ0n) is 36.8. The Balaban J connectivity index is 1.24. The van der Waals surface area contributed by atoms with Crippen molar-refractivity contribution in [2.24, 2.45) is 5.92 Å². The number of pyridine rings is 1. The molecule has 2 saturated carbocycles. The molecule has 3 heterocycles. The Morgan fingerprint density at radius 1 is 1.05 bits per heavy atom. The third-order valence-corrected chi connectivity index (χ3v) is 16.1. The largest absolute Gasteiger partial charge is 0.496 e. The fraction of sp³-hybridized carbons (Fsp3) is 0.468. The molecule has 4 aromatic rings. The third-order valence-electron chi connectivity index (χ3n) is 12.6. The molecule has 7 rings (SSSR count). The van der Waals surface area contributed by atoms with Crippen LogP contribution in [0.25, 0.3) is 21.6 Å². The van der Waals surface area contributed by atoms with Crippen molar-refractivity contribution in [3.05, 3.63) is 88.4 Å². The summed E-state index contributed by atoms with van der Waals surface area (Å²) in [7, 11) is -2.42. The molecular formula is C47H56Cl2N6O7S2. The van der Waals surface area contributed by atoms with Gasteiger partial charge in [-0.3, -0.25) is 19.1 Å². The van der Waals surface area contributed by atoms with E-state index in [4.69, 9.17) is 42.6 Å². The zero-order valence-corrected chi connectivity index (χ0v) is 40.0. The molecule has 0 bridgehead atoms. The number of ether oxygens (including phenoxy) is 2. The van der Waals surface area contributed by atoms with E-state index in [1.165, 1.54) is 22.3 Å². The van der Waals surface area contributed by atoms with Crippen LogP contribution in [0.15, 0.2) is 67.1 Å². The van der Waals surface area contributed by atoms with Gasteiger partial charge in [0.1, 0.15) is 45.9 Å². The van der Waals surface area contributed by atoms with Gasteiger partial charge in [-0.25, -0.2) is 18.4 Å². The Morgan fingerprint density at radius 3 is 2.41 bits per heavy atom. The first kappa shape index (κ1) is 47.3. The predicted molar refractivity (Wildman–Crippen MR) is 254 cm³/mol. The number of hydrogen-bond acceptors (Lipinski definition) is 11. The van der Waals surface area contributed by atoms with E-state index in [0.717, 1.165) is 30.5 Å². The zero-order chi connectivity index (χ0) is 46.1. The second-order valence-electron chi connectivity index (χ2n) is 17.7. The summed E-state index contributed by atoms with van der Waals surface area (Å²) in [6, 6.07) is 8.61. The molecule has 2 aromatic carbocycles. The average Bonchev–Trinajstić information content (AvgIpc) is 4.03. The number of sulfonamides is 1. The molecule has 2 aromatic heterocycles. The van der Waals surface area contributed by atoms with Crippen LogP contribution in [0.4, 0.5) is 5.69 Å². The average molecular weight is 952 g/mol. The number of allylic oxidation sites excluding steroid dienone is 1. The standard InChI is InChI=1S/C47H56Cl2N6O7S2/c1-8-10-11-12-13-14-35(50-32-20-30(48)19-31(49)21-32)44(57)55-25-33(22-38(55)42(56)53-47(24-29(47)9-2)45(58)54-64(59,60)46(6)17-18-46)62-40-23-36(43-52-37(26-63-43)27(3)4)51-41-28(5)39(61-7)16-15-34(40)41/h8-9,15-16,19-21,23,26-27,29,33,35,38,50H,1-2,10-14,17-18,22,24-25H2,3-7H3,(H,53,56)(H,54,58)/t29-,33-,35+,38+,47-/m1/s1. The van der Waals surface area contributed by atoms with Gasteiger partial charge in [-0.1, -0.05) is 62.0 Å². The molecule has 3 amide bonds. The summed E-state index contributed by atoms with van der Waals surface area (Å²) in [5.41, 5.74) is 1.96. The maximum Gasteiger partial charge on any atom is 0.259 e. The molecule has 3 aliphatic rings. The highest BCUT2D eigenvalue weighted by molar-refractivity contribution is 7.91. The van der Waals surface area contributed by atoms with Crippen LogP contribution >= 0.6 is 34.5 Å².